The summed E-state index contributed by atoms with van der Waals surface area (Å²) < 4.78 is 0. The van der Waals surface area contributed by atoms with Crippen molar-refractivity contribution in [1.29, 1.82) is 0 Å². The average molecular weight is 348 g/mol. The highest BCUT2D eigenvalue weighted by molar-refractivity contribution is 5.99. The summed E-state index contributed by atoms with van der Waals surface area (Å²) in [6.07, 6.45) is 4.91. The molecule has 1 fully saturated rings. The van der Waals surface area contributed by atoms with Gasteiger partial charge in [0.2, 0.25) is 0 Å². The molecule has 0 amide bonds. The highest BCUT2D eigenvalue weighted by atomic mass is 16.4. The standard InChI is InChI=1S/C20H28O5/c1-18(2,25)13-8-11-9-15(22)16-19(3,12(11)10-14(13)21)6-5-7-20(16,4)17(23)24/h8-9,12,15-16,22,25H,5-7,10H2,1-4H3,(H,23,24). The second-order valence-corrected chi connectivity index (χ2v) is 9.01. The summed E-state index contributed by atoms with van der Waals surface area (Å²) in [7, 11) is 0. The van der Waals surface area contributed by atoms with Crippen molar-refractivity contribution in [3.8, 4) is 0 Å². The van der Waals surface area contributed by atoms with Gasteiger partial charge in [0.05, 0.1) is 17.1 Å². The highest BCUT2D eigenvalue weighted by Crippen LogP contribution is 2.61. The lowest BCUT2D eigenvalue weighted by molar-refractivity contribution is -0.171. The van der Waals surface area contributed by atoms with E-state index in [0.29, 0.717) is 12.0 Å². The van der Waals surface area contributed by atoms with Gasteiger partial charge in [-0.15, -0.1) is 0 Å². The molecule has 0 aliphatic heterocycles. The van der Waals surface area contributed by atoms with E-state index >= 15 is 0 Å². The first-order valence-electron chi connectivity index (χ1n) is 9.02. The molecule has 0 aromatic heterocycles. The number of carboxylic acid groups (broad SMARTS) is 1. The molecule has 138 valence electrons. The van der Waals surface area contributed by atoms with Crippen LogP contribution in [0, 0.1) is 22.7 Å². The fourth-order valence-corrected chi connectivity index (χ4v) is 5.62. The lowest BCUT2D eigenvalue weighted by Crippen LogP contribution is -2.58. The SMILES string of the molecule is CC(C)(O)C1=CC2=CC(O)C3C(C)(C(=O)O)CCCC3(C)C2CC1=O. The Hall–Kier alpha value is -1.46. The summed E-state index contributed by atoms with van der Waals surface area (Å²) in [5, 5.41) is 30.9. The topological polar surface area (TPSA) is 94.8 Å². The molecule has 5 atom stereocenters. The third-order valence-corrected chi connectivity index (χ3v) is 6.86. The zero-order valence-corrected chi connectivity index (χ0v) is 15.4. The minimum atomic E-state index is -1.23. The number of carbonyl (C=O) groups is 2. The van der Waals surface area contributed by atoms with Gasteiger partial charge in [-0.1, -0.05) is 19.4 Å². The van der Waals surface area contributed by atoms with Crippen molar-refractivity contribution in [2.45, 2.75) is 65.1 Å². The van der Waals surface area contributed by atoms with Gasteiger partial charge in [0.25, 0.3) is 0 Å². The Morgan fingerprint density at radius 3 is 2.48 bits per heavy atom. The van der Waals surface area contributed by atoms with Gasteiger partial charge in [-0.25, -0.2) is 0 Å². The molecule has 25 heavy (non-hydrogen) atoms. The number of aliphatic hydroxyl groups is 2. The van der Waals surface area contributed by atoms with Crippen LogP contribution in [-0.2, 0) is 9.59 Å². The van der Waals surface area contributed by atoms with Crippen LogP contribution < -0.4 is 0 Å². The van der Waals surface area contributed by atoms with E-state index < -0.39 is 34.4 Å². The molecule has 3 aliphatic carbocycles. The van der Waals surface area contributed by atoms with Crippen LogP contribution in [0.4, 0.5) is 0 Å². The summed E-state index contributed by atoms with van der Waals surface area (Å²) in [4.78, 5) is 24.6. The van der Waals surface area contributed by atoms with Crippen molar-refractivity contribution in [1.82, 2.24) is 0 Å². The molecule has 5 unspecified atom stereocenters. The Kier molecular flexibility index (Phi) is 4.05. The van der Waals surface area contributed by atoms with E-state index in [4.69, 9.17) is 0 Å². The number of carboxylic acids is 1. The molecule has 0 saturated heterocycles. The second kappa shape index (κ2) is 5.52. The number of Topliss-reactive ketones (excluding diaryl/α,β-unsaturated/α-hetero) is 1. The van der Waals surface area contributed by atoms with E-state index in [9.17, 15) is 24.9 Å². The molecule has 3 aliphatic rings. The van der Waals surface area contributed by atoms with Crippen LogP contribution in [0.3, 0.4) is 0 Å². The van der Waals surface area contributed by atoms with Crippen LogP contribution in [0.1, 0.15) is 53.4 Å². The summed E-state index contributed by atoms with van der Waals surface area (Å²) in [6.45, 7) is 6.92. The van der Waals surface area contributed by atoms with E-state index in [2.05, 4.69) is 0 Å². The first-order valence-corrected chi connectivity index (χ1v) is 9.02. The maximum Gasteiger partial charge on any atom is 0.309 e. The lowest BCUT2D eigenvalue weighted by Gasteiger charge is -2.58. The maximum atomic E-state index is 12.7. The Labute approximate surface area is 148 Å². The number of hydrogen-bond donors (Lipinski definition) is 3. The first-order chi connectivity index (χ1) is 11.4. The van der Waals surface area contributed by atoms with Gasteiger partial charge in [0.1, 0.15) is 0 Å². The zero-order chi connectivity index (χ0) is 18.8. The molecular weight excluding hydrogens is 320 g/mol. The number of carbonyl (C=O) groups excluding carboxylic acids is 1. The smallest absolute Gasteiger partial charge is 0.309 e. The molecule has 0 aromatic carbocycles. The van der Waals surface area contributed by atoms with Crippen LogP contribution in [-0.4, -0.2) is 38.8 Å². The van der Waals surface area contributed by atoms with E-state index in [1.165, 1.54) is 0 Å². The Morgan fingerprint density at radius 1 is 1.28 bits per heavy atom. The lowest BCUT2D eigenvalue weighted by atomic mass is 9.46. The van der Waals surface area contributed by atoms with Gasteiger partial charge < -0.3 is 15.3 Å². The van der Waals surface area contributed by atoms with Crippen LogP contribution in [0.25, 0.3) is 0 Å². The normalized spacial score (nSPS) is 41.4. The predicted molar refractivity (Wildman–Crippen MR) is 92.8 cm³/mol. The van der Waals surface area contributed by atoms with Gasteiger partial charge in [0, 0.05) is 17.9 Å². The van der Waals surface area contributed by atoms with E-state index in [1.807, 2.05) is 6.92 Å². The fourth-order valence-electron chi connectivity index (χ4n) is 5.62. The molecule has 5 nitrogen and oxygen atoms in total. The summed E-state index contributed by atoms with van der Waals surface area (Å²) in [5.41, 5.74) is -1.46. The van der Waals surface area contributed by atoms with Gasteiger partial charge in [-0.3, -0.25) is 9.59 Å². The number of fused-ring (bicyclic) bond motifs is 3. The molecule has 0 spiro atoms. The molecule has 3 N–H and O–H groups in total. The molecular formula is C20H28O5. The zero-order valence-electron chi connectivity index (χ0n) is 15.4. The Balaban J connectivity index is 2.13. The molecule has 5 heteroatoms. The number of aliphatic carboxylic acids is 1. The van der Waals surface area contributed by atoms with Crippen molar-refractivity contribution < 1.29 is 24.9 Å². The van der Waals surface area contributed by atoms with E-state index in [-0.39, 0.29) is 18.1 Å². The van der Waals surface area contributed by atoms with Crippen LogP contribution in [0.15, 0.2) is 23.3 Å². The first kappa shape index (κ1) is 18.3. The molecule has 1 saturated carbocycles. The minimum Gasteiger partial charge on any atom is -0.481 e. The fraction of sp³-hybridized carbons (Fsp3) is 0.700. The molecule has 3 rings (SSSR count). The average Bonchev–Trinajstić information content (AvgIpc) is 2.46. The number of rotatable bonds is 2. The highest BCUT2D eigenvalue weighted by Gasteiger charge is 2.61. The monoisotopic (exact) mass is 348 g/mol. The van der Waals surface area contributed by atoms with E-state index in [1.54, 1.807) is 32.9 Å². The number of ketones is 1. The van der Waals surface area contributed by atoms with Crippen molar-refractivity contribution >= 4 is 11.8 Å². The largest absolute Gasteiger partial charge is 0.481 e. The van der Waals surface area contributed by atoms with Gasteiger partial charge in [-0.2, -0.15) is 0 Å². The third kappa shape index (κ3) is 2.59. The van der Waals surface area contributed by atoms with Crippen LogP contribution >= 0.6 is 0 Å². The number of hydrogen-bond acceptors (Lipinski definition) is 4. The summed E-state index contributed by atoms with van der Waals surface area (Å²) >= 11 is 0. The van der Waals surface area contributed by atoms with Gasteiger partial charge >= 0.3 is 5.97 Å². The summed E-state index contributed by atoms with van der Waals surface area (Å²) in [6, 6.07) is 0. The van der Waals surface area contributed by atoms with Crippen molar-refractivity contribution in [2.75, 3.05) is 0 Å². The van der Waals surface area contributed by atoms with Crippen molar-refractivity contribution in [2.24, 2.45) is 22.7 Å². The minimum absolute atomic E-state index is 0.0892. The third-order valence-electron chi connectivity index (χ3n) is 6.86. The number of allylic oxidation sites excluding steroid dienone is 2. The van der Waals surface area contributed by atoms with Crippen LogP contribution in [0.2, 0.25) is 0 Å². The quantitative estimate of drug-likeness (QED) is 0.712. The Bertz CT molecular complexity index is 683. The molecule has 0 heterocycles. The maximum absolute atomic E-state index is 12.7. The van der Waals surface area contributed by atoms with Crippen molar-refractivity contribution in [3.63, 3.8) is 0 Å². The summed E-state index contributed by atoms with van der Waals surface area (Å²) in [5.74, 6) is -1.51. The molecule has 0 aromatic rings. The second-order valence-electron chi connectivity index (χ2n) is 9.01. The predicted octanol–water partition coefficient (Wildman–Crippen LogP) is 2.47. The number of aliphatic hydroxyl groups excluding tert-OH is 1. The van der Waals surface area contributed by atoms with Gasteiger partial charge in [-0.05, 0) is 56.6 Å². The molecule has 0 radical (unpaired) electrons. The Morgan fingerprint density at radius 2 is 1.92 bits per heavy atom. The van der Waals surface area contributed by atoms with Crippen molar-refractivity contribution in [3.05, 3.63) is 23.3 Å². The molecule has 0 bridgehead atoms. The van der Waals surface area contributed by atoms with Gasteiger partial charge in [0.15, 0.2) is 5.78 Å². The van der Waals surface area contributed by atoms with Crippen LogP contribution in [0.5, 0.6) is 0 Å². The van der Waals surface area contributed by atoms with E-state index in [0.717, 1.165) is 18.4 Å².